The van der Waals surface area contributed by atoms with E-state index in [1.165, 1.54) is 250 Å². The summed E-state index contributed by atoms with van der Waals surface area (Å²) < 4.78 is 23.9. The van der Waals surface area contributed by atoms with Gasteiger partial charge in [-0.15, -0.1) is 0 Å². The van der Waals surface area contributed by atoms with Crippen molar-refractivity contribution in [1.29, 1.82) is 0 Å². The molecule has 0 bridgehead atoms. The third-order valence-corrected chi connectivity index (χ3v) is 17.6. The van der Waals surface area contributed by atoms with E-state index in [2.05, 4.69) is 92.1 Å². The van der Waals surface area contributed by atoms with Crippen LogP contribution in [0.25, 0.3) is 0 Å². The van der Waals surface area contributed by atoms with Crippen LogP contribution < -0.4 is 5.32 Å². The molecule has 3 unspecified atom stereocenters. The van der Waals surface area contributed by atoms with Gasteiger partial charge < -0.3 is 19.8 Å². The maximum atomic E-state index is 13.1. The van der Waals surface area contributed by atoms with Crippen molar-refractivity contribution in [1.82, 2.24) is 5.32 Å². The fourth-order valence-corrected chi connectivity index (χ4v) is 11.7. The topological polar surface area (TPSA) is 105 Å². The summed E-state index contributed by atoms with van der Waals surface area (Å²) in [5.41, 5.74) is 0. The predicted octanol–water partition coefficient (Wildman–Crippen LogP) is 23.9. The molecule has 0 heterocycles. The number of amides is 1. The highest BCUT2D eigenvalue weighted by atomic mass is 31.2. The van der Waals surface area contributed by atoms with Gasteiger partial charge in [-0.25, -0.2) is 4.57 Å². The van der Waals surface area contributed by atoms with Crippen LogP contribution in [-0.4, -0.2) is 73.4 Å². The number of hydrogen-bond acceptors (Lipinski definition) is 5. The van der Waals surface area contributed by atoms with Gasteiger partial charge in [0.2, 0.25) is 5.91 Å². The summed E-state index contributed by atoms with van der Waals surface area (Å²) >= 11 is 0. The first-order valence-electron chi connectivity index (χ1n) is 37.0. The number of phosphoric acid groups is 1. The Morgan fingerprint density at radius 3 is 1.02 bits per heavy atom. The molecule has 3 N–H and O–H groups in total. The zero-order chi connectivity index (χ0) is 62.6. The van der Waals surface area contributed by atoms with E-state index in [4.69, 9.17) is 9.05 Å². The molecule has 0 aliphatic carbocycles. The van der Waals surface area contributed by atoms with Crippen molar-refractivity contribution >= 4 is 13.7 Å². The maximum absolute atomic E-state index is 13.1. The summed E-state index contributed by atoms with van der Waals surface area (Å²) in [6, 6.07) is -0.853. The lowest BCUT2D eigenvalue weighted by Gasteiger charge is -2.25. The van der Waals surface area contributed by atoms with E-state index >= 15 is 0 Å². The summed E-state index contributed by atoms with van der Waals surface area (Å²) in [7, 11) is 1.58. The van der Waals surface area contributed by atoms with Gasteiger partial charge in [-0.3, -0.25) is 13.8 Å². The second-order valence-electron chi connectivity index (χ2n) is 26.3. The molecule has 86 heavy (non-hydrogen) atoms. The van der Waals surface area contributed by atoms with Gasteiger partial charge in [-0.2, -0.15) is 0 Å². The zero-order valence-corrected chi connectivity index (χ0v) is 58.4. The minimum atomic E-state index is -4.36. The first-order chi connectivity index (χ1) is 42.0. The van der Waals surface area contributed by atoms with E-state index < -0.39 is 20.0 Å². The third-order valence-electron chi connectivity index (χ3n) is 16.6. The predicted molar refractivity (Wildman–Crippen MR) is 378 cm³/mol. The summed E-state index contributed by atoms with van der Waals surface area (Å²) in [5.74, 6) is -0.175. The summed E-state index contributed by atoms with van der Waals surface area (Å²) in [4.78, 5) is 23.5. The molecular formula is C77H144N2O6P+. The van der Waals surface area contributed by atoms with E-state index in [1.54, 1.807) is 6.08 Å². The van der Waals surface area contributed by atoms with Crippen LogP contribution in [0.2, 0.25) is 0 Å². The number of hydrogen-bond donors (Lipinski definition) is 3. The maximum Gasteiger partial charge on any atom is 0.472 e. The van der Waals surface area contributed by atoms with Crippen molar-refractivity contribution in [3.63, 3.8) is 0 Å². The van der Waals surface area contributed by atoms with Gasteiger partial charge in [-0.1, -0.05) is 356 Å². The van der Waals surface area contributed by atoms with Crippen LogP contribution in [0.3, 0.4) is 0 Å². The van der Waals surface area contributed by atoms with Crippen LogP contribution in [0.5, 0.6) is 0 Å². The van der Waals surface area contributed by atoms with Crippen LogP contribution in [0.15, 0.2) is 85.1 Å². The Morgan fingerprint density at radius 2 is 0.698 bits per heavy atom. The first kappa shape index (κ1) is 83.7. The van der Waals surface area contributed by atoms with E-state index in [-0.39, 0.29) is 19.1 Å². The molecule has 0 saturated carbocycles. The normalized spacial score (nSPS) is 14.1. The molecule has 0 aliphatic rings. The number of nitrogens with one attached hydrogen (secondary N) is 1. The Kier molecular flexibility index (Phi) is 65.3. The van der Waals surface area contributed by atoms with Gasteiger partial charge in [0.1, 0.15) is 13.2 Å². The lowest BCUT2D eigenvalue weighted by atomic mass is 10.0. The number of allylic oxidation sites excluding steroid dienone is 13. The Hall–Kier alpha value is -2.32. The van der Waals surface area contributed by atoms with Gasteiger partial charge >= 0.3 is 7.82 Å². The van der Waals surface area contributed by atoms with Crippen LogP contribution in [0.1, 0.15) is 348 Å². The van der Waals surface area contributed by atoms with Crippen LogP contribution in [0, 0.1) is 0 Å². The fourth-order valence-electron chi connectivity index (χ4n) is 10.9. The lowest BCUT2D eigenvalue weighted by molar-refractivity contribution is -0.870. The van der Waals surface area contributed by atoms with Gasteiger partial charge in [0, 0.05) is 6.42 Å². The monoisotopic (exact) mass is 1220 g/mol. The van der Waals surface area contributed by atoms with Gasteiger partial charge in [0.15, 0.2) is 0 Å². The van der Waals surface area contributed by atoms with E-state index in [9.17, 15) is 19.4 Å². The van der Waals surface area contributed by atoms with Crippen molar-refractivity contribution in [2.24, 2.45) is 0 Å². The Labute approximate surface area is 535 Å². The highest BCUT2D eigenvalue weighted by molar-refractivity contribution is 7.47. The van der Waals surface area contributed by atoms with E-state index in [1.807, 2.05) is 27.2 Å². The van der Waals surface area contributed by atoms with Crippen molar-refractivity contribution in [2.45, 2.75) is 360 Å². The Balaban J connectivity index is 4.05. The lowest BCUT2D eigenvalue weighted by Crippen LogP contribution is -2.45. The smallest absolute Gasteiger partial charge is 0.387 e. The number of carbonyl (C=O) groups is 1. The number of nitrogens with zero attached hydrogens (tertiary/aromatic N) is 1. The molecule has 502 valence electrons. The molecule has 1 amide bonds. The summed E-state index contributed by atoms with van der Waals surface area (Å²) in [6.45, 7) is 4.74. The number of phosphoric ester groups is 1. The number of aliphatic hydroxyl groups is 1. The molecular weight excluding hydrogens is 1080 g/mol. The second kappa shape index (κ2) is 67.1. The molecule has 0 fully saturated rings. The molecule has 0 spiro atoms. The summed E-state index contributed by atoms with van der Waals surface area (Å²) in [5, 5.41) is 14.0. The van der Waals surface area contributed by atoms with E-state index in [0.29, 0.717) is 17.4 Å². The van der Waals surface area contributed by atoms with Gasteiger partial charge in [0.05, 0.1) is 39.9 Å². The van der Waals surface area contributed by atoms with E-state index in [0.717, 1.165) is 77.0 Å². The highest BCUT2D eigenvalue weighted by Gasteiger charge is 2.28. The number of quaternary nitrogens is 1. The SMILES string of the molecule is CC/C=C\C/C=C\C/C=C\C/C=C\C/C=C\C/C=C\CCCCCCCCCCCCCCCCC(=O)NC(COP(=O)(O)OCC[N+](C)(C)C)C(O)/C=C/CCCCCCCCCCCCCCCCCCCCCCCCCCCCCCC. The van der Waals surface area contributed by atoms with Crippen molar-refractivity contribution in [3.8, 4) is 0 Å². The highest BCUT2D eigenvalue weighted by Crippen LogP contribution is 2.43. The molecule has 0 rings (SSSR count). The largest absolute Gasteiger partial charge is 0.472 e. The molecule has 9 heteroatoms. The molecule has 3 atom stereocenters. The number of aliphatic hydroxyl groups excluding tert-OH is 1. The van der Waals surface area contributed by atoms with Crippen molar-refractivity contribution in [3.05, 3.63) is 85.1 Å². The first-order valence-corrected chi connectivity index (χ1v) is 38.5. The molecule has 0 aromatic carbocycles. The standard InChI is InChI=1S/C77H143N2O6P/c1-6-8-10-12-14-16-18-20-22-24-26-28-30-32-34-36-38-39-41-43-45-47-49-51-53-55-57-59-61-63-65-67-69-71-77(81)78-75(74-85-86(82,83)84-73-72-79(3,4)5)76(80)70-68-66-64-62-60-58-56-54-52-50-48-46-44-42-40-37-35-33-31-29-27-25-23-21-19-17-15-13-11-9-7-2/h8,10,14,16,20,22,26,28,32,34,38-39,68,70,75-76,80H,6-7,9,11-13,15,17-19,21,23-25,27,29-31,33,35-37,40-67,69,71-74H2,1-5H3,(H-,78,81,82,83)/p+1/b10-8-,16-14-,22-20-,28-26-,34-32-,39-38-,70-68+. The third kappa shape index (κ3) is 69.2. The molecule has 0 aliphatic heterocycles. The average molecular weight is 1220 g/mol. The van der Waals surface area contributed by atoms with Crippen molar-refractivity contribution in [2.75, 3.05) is 40.9 Å². The summed E-state index contributed by atoms with van der Waals surface area (Å²) in [6.07, 6.45) is 96.0. The van der Waals surface area contributed by atoms with Crippen molar-refractivity contribution < 1.29 is 32.9 Å². The Morgan fingerprint density at radius 1 is 0.407 bits per heavy atom. The minimum absolute atomic E-state index is 0.0597. The molecule has 0 saturated heterocycles. The number of carbonyl (C=O) groups excluding carboxylic acids is 1. The Bertz CT molecular complexity index is 1680. The molecule has 0 aromatic rings. The van der Waals surface area contributed by atoms with Crippen LogP contribution >= 0.6 is 7.82 Å². The number of unbranched alkanes of at least 4 members (excludes halogenated alkanes) is 43. The number of rotatable bonds is 68. The molecule has 0 aromatic heterocycles. The average Bonchev–Trinajstić information content (AvgIpc) is 3.70. The minimum Gasteiger partial charge on any atom is -0.387 e. The van der Waals surface area contributed by atoms with Crippen LogP contribution in [-0.2, 0) is 18.4 Å². The fraction of sp³-hybridized carbons (Fsp3) is 0.805. The molecule has 0 radical (unpaired) electrons. The quantitative estimate of drug-likeness (QED) is 0.0243. The number of likely N-dealkylation sites (N-methyl/N-ethyl adjacent to an activating group) is 1. The zero-order valence-electron chi connectivity index (χ0n) is 57.6. The van der Waals surface area contributed by atoms with Gasteiger partial charge in [-0.05, 0) is 70.6 Å². The molecule has 8 nitrogen and oxygen atoms in total. The van der Waals surface area contributed by atoms with Crippen LogP contribution in [0.4, 0.5) is 0 Å². The van der Waals surface area contributed by atoms with Gasteiger partial charge in [0.25, 0.3) is 0 Å². The second-order valence-corrected chi connectivity index (χ2v) is 27.7.